The van der Waals surface area contributed by atoms with Crippen molar-refractivity contribution in [1.82, 2.24) is 0 Å². The molecule has 4 rings (SSSR count). The van der Waals surface area contributed by atoms with Crippen molar-refractivity contribution in [2.75, 3.05) is 0 Å². The first kappa shape index (κ1) is 17.7. The van der Waals surface area contributed by atoms with Crippen molar-refractivity contribution in [2.45, 2.75) is 0 Å². The summed E-state index contributed by atoms with van der Waals surface area (Å²) in [6.45, 7) is 0. The maximum Gasteiger partial charge on any atom is 2.00 e. The average molecular weight is 355 g/mol. The molecule has 0 atom stereocenters. The van der Waals surface area contributed by atoms with E-state index in [0.29, 0.717) is 5.96 Å². The van der Waals surface area contributed by atoms with Gasteiger partial charge in [-0.25, -0.2) is 12.1 Å². The predicted octanol–water partition coefficient (Wildman–Crippen LogP) is 4.51. The van der Waals surface area contributed by atoms with Gasteiger partial charge in [-0.2, -0.15) is 18.2 Å². The monoisotopic (exact) mass is 355 g/mol. The van der Waals surface area contributed by atoms with Crippen molar-refractivity contribution in [2.24, 2.45) is 10.7 Å². The van der Waals surface area contributed by atoms with Gasteiger partial charge in [0, 0.05) is 17.4 Å². The van der Waals surface area contributed by atoms with Crippen molar-refractivity contribution >= 4 is 11.7 Å². The van der Waals surface area contributed by atoms with E-state index in [0.717, 1.165) is 22.5 Å². The van der Waals surface area contributed by atoms with Gasteiger partial charge in [0.1, 0.15) is 0 Å². The Balaban J connectivity index is 0.000000300. The van der Waals surface area contributed by atoms with Gasteiger partial charge < -0.3 is 16.0 Å². The second-order valence-electron chi connectivity index (χ2n) is 5.00. The number of allylic oxidation sites excluding steroid dienone is 6. The van der Waals surface area contributed by atoms with E-state index >= 15 is 0 Å². The summed E-state index contributed by atoms with van der Waals surface area (Å²) in [5.41, 5.74) is 9.58. The van der Waals surface area contributed by atoms with E-state index < -0.39 is 0 Å². The summed E-state index contributed by atoms with van der Waals surface area (Å²) >= 11 is 0. The summed E-state index contributed by atoms with van der Waals surface area (Å²) in [7, 11) is 0. The minimum absolute atomic E-state index is 0. The predicted molar refractivity (Wildman–Crippen MR) is 96.7 cm³/mol. The molecule has 0 unspecified atom stereocenters. The summed E-state index contributed by atoms with van der Waals surface area (Å²) in [5.74, 6) is 0.299. The van der Waals surface area contributed by atoms with Crippen molar-refractivity contribution in [1.29, 1.82) is 0 Å². The molecule has 0 aromatic heterocycles. The third-order valence-corrected chi connectivity index (χ3v) is 3.33. The molecule has 0 saturated carbocycles. The van der Waals surface area contributed by atoms with Crippen LogP contribution in [0.1, 0.15) is 5.56 Å². The molecular formula is C20H17FeN3. The first-order valence-electron chi connectivity index (χ1n) is 7.42. The largest absolute Gasteiger partial charge is 2.00 e. The molecule has 0 saturated heterocycles. The quantitative estimate of drug-likeness (QED) is 0.594. The third-order valence-electron chi connectivity index (χ3n) is 3.33. The average Bonchev–Trinajstić information content (AvgIpc) is 3.31. The number of guanidine groups is 1. The molecule has 1 aliphatic heterocycles. The molecular weight excluding hydrogens is 338 g/mol. The summed E-state index contributed by atoms with van der Waals surface area (Å²) in [4.78, 5) is 4.27. The molecule has 24 heavy (non-hydrogen) atoms. The fourth-order valence-electron chi connectivity index (χ4n) is 2.24. The topological polar surface area (TPSA) is 52.5 Å². The molecule has 4 heteroatoms. The van der Waals surface area contributed by atoms with E-state index in [9.17, 15) is 0 Å². The fraction of sp³-hybridized carbons (Fsp3) is 0. The molecule has 2 aromatic rings. The van der Waals surface area contributed by atoms with Crippen LogP contribution in [0, 0.1) is 0 Å². The fourth-order valence-corrected chi connectivity index (χ4v) is 2.24. The number of hydrogen-bond donors (Lipinski definition) is 1. The van der Waals surface area contributed by atoms with Crippen molar-refractivity contribution in [3.63, 3.8) is 0 Å². The first-order chi connectivity index (χ1) is 11.3. The molecule has 2 aliphatic rings. The maximum atomic E-state index is 5.78. The molecule has 0 bridgehead atoms. The molecule has 120 valence electrons. The zero-order valence-electron chi connectivity index (χ0n) is 13.0. The number of aliphatic imine (C=N–C) groups is 1. The number of rotatable bonds is 1. The Morgan fingerprint density at radius 3 is 2.17 bits per heavy atom. The van der Waals surface area contributed by atoms with Gasteiger partial charge in [-0.05, 0) is 17.2 Å². The van der Waals surface area contributed by atoms with Gasteiger partial charge >= 0.3 is 17.1 Å². The Hall–Kier alpha value is -2.68. The smallest absolute Gasteiger partial charge is 0.453 e. The van der Waals surface area contributed by atoms with Gasteiger partial charge in [0.15, 0.2) is 0 Å². The molecule has 0 radical (unpaired) electrons. The van der Waals surface area contributed by atoms with Gasteiger partial charge in [-0.3, -0.25) is 0 Å². The van der Waals surface area contributed by atoms with Crippen LogP contribution in [0.5, 0.6) is 0 Å². The van der Waals surface area contributed by atoms with Gasteiger partial charge in [-0.15, -0.1) is 0 Å². The standard InChI is InChI=1S/C15H12N3.C5H5.Fe/c16-15-17-13(11-6-2-1-3-7-11)10-14(18-15)12-8-4-5-9-12;1-2-4-5-3-1;/h1-10H,(H2-,16,17,18);1-5H;/q2*-1;+2. The van der Waals surface area contributed by atoms with Crippen LogP contribution in [0.2, 0.25) is 0 Å². The second-order valence-corrected chi connectivity index (χ2v) is 5.00. The zero-order chi connectivity index (χ0) is 15.9. The van der Waals surface area contributed by atoms with E-state index in [-0.39, 0.29) is 17.1 Å². The second kappa shape index (κ2) is 8.82. The number of nitrogens with zero attached hydrogens (tertiary/aromatic N) is 2. The Morgan fingerprint density at radius 2 is 1.58 bits per heavy atom. The van der Waals surface area contributed by atoms with Crippen LogP contribution >= 0.6 is 0 Å². The van der Waals surface area contributed by atoms with Crippen LogP contribution in [-0.4, -0.2) is 5.96 Å². The van der Waals surface area contributed by atoms with Gasteiger partial charge in [0.2, 0.25) is 0 Å². The van der Waals surface area contributed by atoms with Crippen LogP contribution < -0.4 is 5.73 Å². The van der Waals surface area contributed by atoms with Gasteiger partial charge in [0.05, 0.1) is 0 Å². The summed E-state index contributed by atoms with van der Waals surface area (Å²) in [6.07, 6.45) is 9.94. The normalized spacial score (nSPS) is 14.8. The number of benzene rings is 1. The van der Waals surface area contributed by atoms with E-state index in [1.807, 2.05) is 91.0 Å². The Morgan fingerprint density at radius 1 is 0.917 bits per heavy atom. The van der Waals surface area contributed by atoms with Crippen LogP contribution in [0.4, 0.5) is 0 Å². The Kier molecular flexibility index (Phi) is 6.50. The minimum atomic E-state index is 0. The molecule has 0 fully saturated rings. The SMILES string of the molecule is NC1=NC(=C2C=CC=C2)C=C(c2ccccc2)[N-]1.[Fe+2].c1cc[cH-]c1. The third kappa shape index (κ3) is 4.66. The molecule has 1 aliphatic carbocycles. The molecule has 2 N–H and O–H groups in total. The van der Waals surface area contributed by atoms with Crippen molar-refractivity contribution in [3.8, 4) is 0 Å². The van der Waals surface area contributed by atoms with Gasteiger partial charge in [-0.1, -0.05) is 54.6 Å². The molecule has 2 aromatic carbocycles. The van der Waals surface area contributed by atoms with E-state index in [1.54, 1.807) is 0 Å². The number of nitrogens with two attached hydrogens (primary N) is 1. The molecule has 1 heterocycles. The molecule has 3 nitrogen and oxygen atoms in total. The van der Waals surface area contributed by atoms with Crippen LogP contribution in [-0.2, 0) is 17.1 Å². The molecule has 0 spiro atoms. The van der Waals surface area contributed by atoms with Crippen LogP contribution in [0.15, 0.2) is 107 Å². The minimum Gasteiger partial charge on any atom is -0.453 e. The summed E-state index contributed by atoms with van der Waals surface area (Å²) < 4.78 is 0. The van der Waals surface area contributed by atoms with Gasteiger partial charge in [0.25, 0.3) is 0 Å². The number of hydrogen-bond acceptors (Lipinski definition) is 2. The Bertz CT molecular complexity index is 763. The zero-order valence-corrected chi connectivity index (χ0v) is 14.1. The first-order valence-corrected chi connectivity index (χ1v) is 7.42. The Labute approximate surface area is 152 Å². The van der Waals surface area contributed by atoms with E-state index in [4.69, 9.17) is 5.73 Å². The van der Waals surface area contributed by atoms with Crippen molar-refractivity contribution in [3.05, 3.63) is 113 Å². The van der Waals surface area contributed by atoms with Crippen LogP contribution in [0.25, 0.3) is 11.0 Å². The van der Waals surface area contributed by atoms with E-state index in [1.165, 1.54) is 0 Å². The molecule has 0 amide bonds. The van der Waals surface area contributed by atoms with Crippen LogP contribution in [0.3, 0.4) is 0 Å². The van der Waals surface area contributed by atoms with Crippen molar-refractivity contribution < 1.29 is 17.1 Å². The maximum absolute atomic E-state index is 5.78. The van der Waals surface area contributed by atoms with E-state index in [2.05, 4.69) is 10.3 Å². The summed E-state index contributed by atoms with van der Waals surface area (Å²) in [5, 5.41) is 4.28. The summed E-state index contributed by atoms with van der Waals surface area (Å²) in [6, 6.07) is 20.0.